The summed E-state index contributed by atoms with van der Waals surface area (Å²) in [7, 11) is 0. The lowest BCUT2D eigenvalue weighted by atomic mass is 10.2. The number of hydrogen-bond acceptors (Lipinski definition) is 4. The van der Waals surface area contributed by atoms with E-state index in [1.54, 1.807) is 36.4 Å². The second-order valence-electron chi connectivity index (χ2n) is 5.40. The number of pyridine rings is 1. The summed E-state index contributed by atoms with van der Waals surface area (Å²) < 4.78 is 6.86. The Morgan fingerprint density at radius 3 is 2.48 bits per heavy atom. The summed E-state index contributed by atoms with van der Waals surface area (Å²) in [6.07, 6.45) is 0. The average Bonchev–Trinajstić information content (AvgIpc) is 2.58. The highest BCUT2D eigenvalue weighted by molar-refractivity contribution is 14.1. The van der Waals surface area contributed by atoms with Crippen molar-refractivity contribution in [3.05, 3.63) is 75.5 Å². The third kappa shape index (κ3) is 4.27. The summed E-state index contributed by atoms with van der Waals surface area (Å²) in [6.45, 7) is 1.82. The van der Waals surface area contributed by atoms with Crippen LogP contribution in [-0.2, 0) is 0 Å². The van der Waals surface area contributed by atoms with Crippen LogP contribution in [0.2, 0.25) is 0 Å². The molecule has 1 heterocycles. The molecule has 0 fully saturated rings. The molecule has 0 aliphatic carbocycles. The number of nitrogen functional groups attached to an aromatic ring is 1. The number of anilines is 2. The third-order valence-electron chi connectivity index (χ3n) is 3.49. The van der Waals surface area contributed by atoms with E-state index in [4.69, 9.17) is 10.5 Å². The van der Waals surface area contributed by atoms with Crippen LogP contribution in [0.5, 0.6) is 11.5 Å². The van der Waals surface area contributed by atoms with Gasteiger partial charge in [-0.05, 0) is 78.0 Å². The van der Waals surface area contributed by atoms with Gasteiger partial charge in [-0.3, -0.25) is 4.79 Å². The molecule has 0 saturated heterocycles. The minimum atomic E-state index is -0.295. The van der Waals surface area contributed by atoms with E-state index in [0.717, 1.165) is 15.0 Å². The van der Waals surface area contributed by atoms with Crippen LogP contribution in [0, 0.1) is 10.5 Å². The number of aryl methyl sites for hydroxylation is 1. The SMILES string of the molecule is Cc1ccc(C(=O)Nc2ccc(Oc3ccccc3I)cc2)c(N)n1. The van der Waals surface area contributed by atoms with Crippen molar-refractivity contribution in [1.82, 2.24) is 4.98 Å². The Labute approximate surface area is 159 Å². The summed E-state index contributed by atoms with van der Waals surface area (Å²) in [6, 6.07) is 18.3. The average molecular weight is 445 g/mol. The molecule has 0 aliphatic heterocycles. The fourth-order valence-corrected chi connectivity index (χ4v) is 2.73. The maximum absolute atomic E-state index is 12.3. The number of nitrogens with one attached hydrogen (secondary N) is 1. The van der Waals surface area contributed by atoms with Crippen LogP contribution in [-0.4, -0.2) is 10.9 Å². The third-order valence-corrected chi connectivity index (χ3v) is 4.38. The van der Waals surface area contributed by atoms with Crippen LogP contribution in [0.25, 0.3) is 0 Å². The molecule has 1 aromatic heterocycles. The summed E-state index contributed by atoms with van der Waals surface area (Å²) in [5, 5.41) is 2.80. The van der Waals surface area contributed by atoms with E-state index in [9.17, 15) is 4.79 Å². The van der Waals surface area contributed by atoms with Gasteiger partial charge in [-0.1, -0.05) is 12.1 Å². The minimum absolute atomic E-state index is 0.219. The normalized spacial score (nSPS) is 10.3. The van der Waals surface area contributed by atoms with Crippen molar-refractivity contribution in [3.63, 3.8) is 0 Å². The number of nitrogens with zero attached hydrogens (tertiary/aromatic N) is 1. The highest BCUT2D eigenvalue weighted by atomic mass is 127. The van der Waals surface area contributed by atoms with Crippen molar-refractivity contribution in [2.24, 2.45) is 0 Å². The van der Waals surface area contributed by atoms with Gasteiger partial charge in [0.1, 0.15) is 17.3 Å². The number of para-hydroxylation sites is 1. The van der Waals surface area contributed by atoms with Crippen LogP contribution in [0.4, 0.5) is 11.5 Å². The summed E-state index contributed by atoms with van der Waals surface area (Å²) in [5.74, 6) is 1.41. The Hall–Kier alpha value is -2.61. The Kier molecular flexibility index (Phi) is 5.18. The fourth-order valence-electron chi connectivity index (χ4n) is 2.23. The van der Waals surface area contributed by atoms with Crippen molar-refractivity contribution < 1.29 is 9.53 Å². The molecule has 0 atom stereocenters. The van der Waals surface area contributed by atoms with Gasteiger partial charge in [-0.2, -0.15) is 0 Å². The molecule has 126 valence electrons. The number of nitrogens with two attached hydrogens (primary N) is 1. The Bertz CT molecular complexity index is 911. The number of carbonyl (C=O) groups excluding carboxylic acids is 1. The second kappa shape index (κ2) is 7.52. The predicted molar refractivity (Wildman–Crippen MR) is 107 cm³/mol. The van der Waals surface area contributed by atoms with E-state index in [2.05, 4.69) is 32.9 Å². The van der Waals surface area contributed by atoms with E-state index < -0.39 is 0 Å². The molecule has 0 radical (unpaired) electrons. The molecule has 25 heavy (non-hydrogen) atoms. The van der Waals surface area contributed by atoms with Crippen molar-refractivity contribution in [1.29, 1.82) is 0 Å². The zero-order valence-electron chi connectivity index (χ0n) is 13.5. The molecule has 5 nitrogen and oxygen atoms in total. The van der Waals surface area contributed by atoms with Gasteiger partial charge in [0.05, 0.1) is 9.13 Å². The minimum Gasteiger partial charge on any atom is -0.456 e. The molecule has 0 spiro atoms. The van der Waals surface area contributed by atoms with E-state index >= 15 is 0 Å². The molecule has 0 saturated carbocycles. The first-order chi connectivity index (χ1) is 12.0. The van der Waals surface area contributed by atoms with Gasteiger partial charge in [0.25, 0.3) is 5.91 Å². The van der Waals surface area contributed by atoms with Gasteiger partial charge in [0.15, 0.2) is 0 Å². The van der Waals surface area contributed by atoms with Gasteiger partial charge >= 0.3 is 0 Å². The molecule has 3 rings (SSSR count). The highest BCUT2D eigenvalue weighted by Gasteiger charge is 2.11. The van der Waals surface area contributed by atoms with Crippen LogP contribution in [0.3, 0.4) is 0 Å². The quantitative estimate of drug-likeness (QED) is 0.575. The zero-order valence-corrected chi connectivity index (χ0v) is 15.7. The molecule has 1 amide bonds. The van der Waals surface area contributed by atoms with E-state index in [1.165, 1.54) is 0 Å². The number of benzene rings is 2. The van der Waals surface area contributed by atoms with Gasteiger partial charge in [0.2, 0.25) is 0 Å². The van der Waals surface area contributed by atoms with Crippen LogP contribution in [0.15, 0.2) is 60.7 Å². The largest absolute Gasteiger partial charge is 0.456 e. The van der Waals surface area contributed by atoms with E-state index in [1.807, 2.05) is 31.2 Å². The highest BCUT2D eigenvalue weighted by Crippen LogP contribution is 2.27. The summed E-state index contributed by atoms with van der Waals surface area (Å²) in [5.41, 5.74) is 7.58. The maximum Gasteiger partial charge on any atom is 0.259 e. The molecule has 0 unspecified atom stereocenters. The smallest absolute Gasteiger partial charge is 0.259 e. The van der Waals surface area contributed by atoms with Crippen molar-refractivity contribution in [2.45, 2.75) is 6.92 Å². The second-order valence-corrected chi connectivity index (χ2v) is 6.56. The molecule has 0 bridgehead atoms. The van der Waals surface area contributed by atoms with E-state index in [-0.39, 0.29) is 11.7 Å². The van der Waals surface area contributed by atoms with Crippen LogP contribution in [0.1, 0.15) is 16.1 Å². The van der Waals surface area contributed by atoms with Gasteiger partial charge < -0.3 is 15.8 Å². The number of carbonyl (C=O) groups is 1. The molecular formula is C19H16IN3O2. The first-order valence-corrected chi connectivity index (χ1v) is 8.68. The van der Waals surface area contributed by atoms with Crippen LogP contribution >= 0.6 is 22.6 Å². The lowest BCUT2D eigenvalue weighted by Crippen LogP contribution is -2.15. The monoisotopic (exact) mass is 445 g/mol. The Morgan fingerprint density at radius 1 is 1.08 bits per heavy atom. The first-order valence-electron chi connectivity index (χ1n) is 7.60. The lowest BCUT2D eigenvalue weighted by Gasteiger charge is -2.10. The van der Waals surface area contributed by atoms with Crippen molar-refractivity contribution in [2.75, 3.05) is 11.1 Å². The predicted octanol–water partition coefficient (Wildman–Crippen LogP) is 4.62. The topological polar surface area (TPSA) is 77.2 Å². The van der Waals surface area contributed by atoms with Gasteiger partial charge in [0, 0.05) is 11.4 Å². The molecule has 6 heteroatoms. The molecule has 0 aliphatic rings. The summed E-state index contributed by atoms with van der Waals surface area (Å²) >= 11 is 2.22. The zero-order chi connectivity index (χ0) is 17.8. The van der Waals surface area contributed by atoms with E-state index in [0.29, 0.717) is 17.0 Å². The Balaban J connectivity index is 1.70. The molecule has 3 N–H and O–H groups in total. The number of amides is 1. The Morgan fingerprint density at radius 2 is 1.80 bits per heavy atom. The number of halogens is 1. The summed E-state index contributed by atoms with van der Waals surface area (Å²) in [4.78, 5) is 16.4. The van der Waals surface area contributed by atoms with Gasteiger partial charge in [-0.25, -0.2) is 4.98 Å². The van der Waals surface area contributed by atoms with Crippen LogP contribution < -0.4 is 15.8 Å². The number of aromatic nitrogens is 1. The number of ether oxygens (including phenoxy) is 1. The van der Waals surface area contributed by atoms with Crippen molar-refractivity contribution >= 4 is 40.0 Å². The molecular weight excluding hydrogens is 429 g/mol. The first kappa shape index (κ1) is 17.2. The molecule has 2 aromatic carbocycles. The fraction of sp³-hybridized carbons (Fsp3) is 0.0526. The van der Waals surface area contributed by atoms with Crippen molar-refractivity contribution in [3.8, 4) is 11.5 Å². The number of rotatable bonds is 4. The standard InChI is InChI=1S/C19H16IN3O2/c1-12-6-11-15(18(21)22-12)19(24)23-13-7-9-14(10-8-13)25-17-5-3-2-4-16(17)20/h2-11H,1H3,(H2,21,22)(H,23,24). The lowest BCUT2D eigenvalue weighted by molar-refractivity contribution is 0.102. The van der Waals surface area contributed by atoms with Gasteiger partial charge in [-0.15, -0.1) is 0 Å². The molecule has 3 aromatic rings. The number of hydrogen-bond donors (Lipinski definition) is 2. The maximum atomic E-state index is 12.3.